The molecule has 3 rings (SSSR count). The minimum Gasteiger partial charge on any atom is -0.302 e. The Bertz CT molecular complexity index is 1200. The predicted octanol–water partition coefficient (Wildman–Crippen LogP) is 1.40. The van der Waals surface area contributed by atoms with Crippen LogP contribution >= 0.6 is 11.6 Å². The van der Waals surface area contributed by atoms with Crippen molar-refractivity contribution >= 4 is 27.4 Å². The molecule has 0 radical (unpaired) electrons. The van der Waals surface area contributed by atoms with E-state index in [1.165, 1.54) is 21.1 Å². The standard InChI is InChI=1S/C19H22ClN3O5S/c1-21-12-15(17(25)22(2)18(21)26)29(27,28)23(3)19(11-7-6-10-16(19)24)13-8-4-5-9-14(13)20/h4-5,8-9,12H,6-7,10-11H2,1-3H3/t19-/m0/s1. The summed E-state index contributed by atoms with van der Waals surface area (Å²) in [5.41, 5.74) is -2.72. The van der Waals surface area contributed by atoms with E-state index in [1.807, 2.05) is 0 Å². The van der Waals surface area contributed by atoms with Crippen molar-refractivity contribution in [1.82, 2.24) is 13.4 Å². The molecule has 2 aromatic rings. The summed E-state index contributed by atoms with van der Waals surface area (Å²) in [6, 6.07) is 6.63. The van der Waals surface area contributed by atoms with Gasteiger partial charge >= 0.3 is 5.69 Å². The molecule has 8 nitrogen and oxygen atoms in total. The van der Waals surface area contributed by atoms with E-state index in [0.717, 1.165) is 19.6 Å². The molecule has 0 amide bonds. The zero-order valence-corrected chi connectivity index (χ0v) is 18.0. The fraction of sp³-hybridized carbons (Fsp3) is 0.421. The van der Waals surface area contributed by atoms with Gasteiger partial charge in [-0.25, -0.2) is 13.2 Å². The second kappa shape index (κ2) is 7.55. The van der Waals surface area contributed by atoms with Crippen LogP contribution in [0.4, 0.5) is 0 Å². The van der Waals surface area contributed by atoms with E-state index in [-0.39, 0.29) is 23.6 Å². The highest BCUT2D eigenvalue weighted by molar-refractivity contribution is 7.89. The molecule has 10 heteroatoms. The average Bonchev–Trinajstić information content (AvgIpc) is 2.69. The Balaban J connectivity index is 2.29. The fourth-order valence-corrected chi connectivity index (χ4v) is 5.84. The summed E-state index contributed by atoms with van der Waals surface area (Å²) in [7, 11) is -0.577. The minimum atomic E-state index is -4.43. The largest absolute Gasteiger partial charge is 0.330 e. The Morgan fingerprint density at radius 2 is 1.76 bits per heavy atom. The molecule has 1 aliphatic carbocycles. The highest BCUT2D eigenvalue weighted by Gasteiger charge is 2.51. The van der Waals surface area contributed by atoms with Gasteiger partial charge in [0.2, 0.25) is 0 Å². The maximum Gasteiger partial charge on any atom is 0.330 e. The Morgan fingerprint density at radius 3 is 2.38 bits per heavy atom. The maximum absolute atomic E-state index is 13.5. The number of hydrogen-bond acceptors (Lipinski definition) is 5. The smallest absolute Gasteiger partial charge is 0.302 e. The van der Waals surface area contributed by atoms with Gasteiger partial charge in [0, 0.05) is 38.8 Å². The molecule has 0 aliphatic heterocycles. The van der Waals surface area contributed by atoms with Crippen molar-refractivity contribution in [3.8, 4) is 0 Å². The second-order valence-corrected chi connectivity index (χ2v) is 9.54. The molecule has 1 heterocycles. The monoisotopic (exact) mass is 439 g/mol. The Kier molecular flexibility index (Phi) is 5.59. The lowest BCUT2D eigenvalue weighted by atomic mass is 9.75. The summed E-state index contributed by atoms with van der Waals surface area (Å²) in [6.45, 7) is 0. The van der Waals surface area contributed by atoms with Crippen molar-refractivity contribution in [3.63, 3.8) is 0 Å². The van der Waals surface area contributed by atoms with Crippen LogP contribution in [0.3, 0.4) is 0 Å². The second-order valence-electron chi connectivity index (χ2n) is 7.19. The minimum absolute atomic E-state index is 0.205. The molecule has 1 aromatic heterocycles. The van der Waals surface area contributed by atoms with Crippen LogP contribution < -0.4 is 11.2 Å². The lowest BCUT2D eigenvalue weighted by Gasteiger charge is -2.42. The maximum atomic E-state index is 13.5. The van der Waals surface area contributed by atoms with E-state index in [1.54, 1.807) is 24.3 Å². The van der Waals surface area contributed by atoms with Crippen LogP contribution in [-0.2, 0) is 34.5 Å². The first-order valence-electron chi connectivity index (χ1n) is 9.09. The summed E-state index contributed by atoms with van der Waals surface area (Å²) >= 11 is 6.37. The zero-order chi connectivity index (χ0) is 21.6. The van der Waals surface area contributed by atoms with Crippen LogP contribution in [-0.4, -0.2) is 34.7 Å². The third kappa shape index (κ3) is 3.27. The first-order chi connectivity index (χ1) is 13.5. The molecule has 156 valence electrons. The number of aryl methyl sites for hydroxylation is 1. The lowest BCUT2D eigenvalue weighted by molar-refractivity contribution is -0.131. The normalized spacial score (nSPS) is 20.2. The van der Waals surface area contributed by atoms with E-state index in [2.05, 4.69) is 0 Å². The van der Waals surface area contributed by atoms with Crippen molar-refractivity contribution in [3.05, 3.63) is 61.9 Å². The number of sulfonamides is 1. The van der Waals surface area contributed by atoms with Crippen LogP contribution in [0.2, 0.25) is 5.02 Å². The van der Waals surface area contributed by atoms with Crippen LogP contribution in [0.5, 0.6) is 0 Å². The third-order valence-corrected chi connectivity index (χ3v) is 7.76. The van der Waals surface area contributed by atoms with Gasteiger partial charge in [0.05, 0.1) is 0 Å². The molecule has 1 aliphatic rings. The summed E-state index contributed by atoms with van der Waals surface area (Å²) in [5.74, 6) is -0.274. The van der Waals surface area contributed by atoms with E-state index in [4.69, 9.17) is 11.6 Å². The van der Waals surface area contributed by atoms with Crippen molar-refractivity contribution < 1.29 is 13.2 Å². The average molecular weight is 440 g/mol. The Labute approximate surface area is 173 Å². The molecule has 1 atom stereocenters. The van der Waals surface area contributed by atoms with Gasteiger partial charge in [-0.05, 0) is 24.5 Å². The Hall–Kier alpha value is -2.23. The molecular formula is C19H22ClN3O5S. The van der Waals surface area contributed by atoms with Gasteiger partial charge < -0.3 is 4.57 Å². The Morgan fingerprint density at radius 1 is 1.10 bits per heavy atom. The van der Waals surface area contributed by atoms with Crippen molar-refractivity contribution in [1.29, 1.82) is 0 Å². The van der Waals surface area contributed by atoms with Crippen LogP contribution in [0.25, 0.3) is 0 Å². The van der Waals surface area contributed by atoms with E-state index in [9.17, 15) is 22.8 Å². The van der Waals surface area contributed by atoms with Crippen LogP contribution in [0, 0.1) is 0 Å². The van der Waals surface area contributed by atoms with Gasteiger partial charge in [-0.1, -0.05) is 36.2 Å². The van der Waals surface area contributed by atoms with E-state index < -0.39 is 31.7 Å². The number of aromatic nitrogens is 2. The van der Waals surface area contributed by atoms with Gasteiger partial charge in [-0.2, -0.15) is 4.31 Å². The quantitative estimate of drug-likeness (QED) is 0.717. The number of benzene rings is 1. The topological polar surface area (TPSA) is 98.4 Å². The number of carbonyl (C=O) groups is 1. The fourth-order valence-electron chi connectivity index (χ4n) is 3.90. The zero-order valence-electron chi connectivity index (χ0n) is 16.4. The summed E-state index contributed by atoms with van der Waals surface area (Å²) < 4.78 is 29.7. The molecule has 1 fully saturated rings. The molecule has 1 aromatic carbocycles. The van der Waals surface area contributed by atoms with E-state index in [0.29, 0.717) is 18.4 Å². The number of ketones is 1. The van der Waals surface area contributed by atoms with Crippen molar-refractivity contribution in [2.75, 3.05) is 7.05 Å². The van der Waals surface area contributed by atoms with Gasteiger partial charge in [0.15, 0.2) is 10.7 Å². The third-order valence-electron chi connectivity index (χ3n) is 5.56. The molecule has 0 spiro atoms. The highest BCUT2D eigenvalue weighted by Crippen LogP contribution is 2.44. The summed E-state index contributed by atoms with van der Waals surface area (Å²) in [4.78, 5) is 37.1. The molecule has 0 bridgehead atoms. The number of hydrogen-bond donors (Lipinski definition) is 0. The van der Waals surface area contributed by atoms with E-state index >= 15 is 0 Å². The van der Waals surface area contributed by atoms with Gasteiger partial charge in [0.1, 0.15) is 5.54 Å². The SMILES string of the molecule is CN([C@]1(c2ccccc2Cl)CCCCC1=O)S(=O)(=O)c1cn(C)c(=O)n(C)c1=O. The van der Waals surface area contributed by atoms with Gasteiger partial charge in [-0.15, -0.1) is 0 Å². The first-order valence-corrected chi connectivity index (χ1v) is 10.9. The van der Waals surface area contributed by atoms with Crippen molar-refractivity contribution in [2.24, 2.45) is 14.1 Å². The van der Waals surface area contributed by atoms with Crippen molar-refractivity contribution in [2.45, 2.75) is 36.1 Å². The number of carbonyl (C=O) groups excluding carboxylic acids is 1. The predicted molar refractivity (Wildman–Crippen MR) is 108 cm³/mol. The highest BCUT2D eigenvalue weighted by atomic mass is 35.5. The summed E-state index contributed by atoms with van der Waals surface area (Å²) in [6.07, 6.45) is 2.72. The number of likely N-dealkylation sites (N-methyl/N-ethyl adjacent to an activating group) is 1. The number of halogens is 1. The van der Waals surface area contributed by atoms with Gasteiger partial charge in [0.25, 0.3) is 15.6 Å². The molecule has 29 heavy (non-hydrogen) atoms. The summed E-state index contributed by atoms with van der Waals surface area (Å²) in [5, 5.41) is 0.276. The molecular weight excluding hydrogens is 418 g/mol. The molecule has 0 N–H and O–H groups in total. The number of rotatable bonds is 4. The van der Waals surface area contributed by atoms with Gasteiger partial charge in [-0.3, -0.25) is 14.2 Å². The van der Waals surface area contributed by atoms with Crippen LogP contribution in [0.1, 0.15) is 31.2 Å². The molecule has 0 saturated heterocycles. The molecule has 1 saturated carbocycles. The number of nitrogens with zero attached hydrogens (tertiary/aromatic N) is 3. The first kappa shape index (κ1) is 21.5. The lowest BCUT2D eigenvalue weighted by Crippen LogP contribution is -2.55. The molecule has 0 unspecified atom stereocenters. The number of Topliss-reactive ketones (excluding diaryl/α,β-unsaturated/α-hetero) is 1. The van der Waals surface area contributed by atoms with Crippen LogP contribution in [0.15, 0.2) is 44.9 Å².